The second kappa shape index (κ2) is 11.7. The summed E-state index contributed by atoms with van der Waals surface area (Å²) in [6.07, 6.45) is 0. The maximum atomic E-state index is 5.07. The van der Waals surface area contributed by atoms with Gasteiger partial charge in [0.05, 0.1) is 33.6 Å². The van der Waals surface area contributed by atoms with Crippen molar-refractivity contribution in [1.82, 2.24) is 19.9 Å². The molecule has 3 heterocycles. The van der Waals surface area contributed by atoms with Crippen molar-refractivity contribution >= 4 is 32.7 Å². The van der Waals surface area contributed by atoms with Crippen LogP contribution in [0.1, 0.15) is 0 Å². The first-order valence-electron chi connectivity index (χ1n) is 16.1. The third kappa shape index (κ3) is 5.16. The van der Waals surface area contributed by atoms with Gasteiger partial charge in [0, 0.05) is 38.4 Å². The van der Waals surface area contributed by atoms with E-state index in [1.54, 1.807) is 0 Å². The van der Waals surface area contributed by atoms with Crippen LogP contribution in [0.25, 0.3) is 89.0 Å². The maximum absolute atomic E-state index is 5.07. The van der Waals surface area contributed by atoms with E-state index in [1.165, 1.54) is 0 Å². The molecule has 0 aliphatic carbocycles. The van der Waals surface area contributed by atoms with Crippen molar-refractivity contribution < 1.29 is 0 Å². The van der Waals surface area contributed by atoms with E-state index in [4.69, 9.17) is 19.9 Å². The topological polar surface area (TPSA) is 51.6 Å². The molecule has 4 heteroatoms. The molecule has 0 atom stereocenters. The molecule has 0 amide bonds. The van der Waals surface area contributed by atoms with Gasteiger partial charge in [0.25, 0.3) is 0 Å². The minimum absolute atomic E-state index is 0.719. The summed E-state index contributed by atoms with van der Waals surface area (Å²) in [5.74, 6) is 0.719. The van der Waals surface area contributed by atoms with Crippen LogP contribution in [-0.2, 0) is 0 Å². The van der Waals surface area contributed by atoms with Gasteiger partial charge in [-0.1, -0.05) is 121 Å². The molecular weight excluding hydrogens is 585 g/mol. The van der Waals surface area contributed by atoms with Crippen molar-refractivity contribution in [2.45, 2.75) is 0 Å². The van der Waals surface area contributed by atoms with Crippen LogP contribution >= 0.6 is 0 Å². The second-order valence-corrected chi connectivity index (χ2v) is 11.9. The van der Waals surface area contributed by atoms with Crippen LogP contribution in [0.15, 0.2) is 170 Å². The molecular formula is C44H28N4. The summed E-state index contributed by atoms with van der Waals surface area (Å²) in [4.78, 5) is 20.1. The molecule has 6 aromatic carbocycles. The lowest BCUT2D eigenvalue weighted by Gasteiger charge is -2.13. The van der Waals surface area contributed by atoms with Gasteiger partial charge >= 0.3 is 0 Å². The lowest BCUT2D eigenvalue weighted by atomic mass is 9.95. The SMILES string of the molecule is c1ccc(-c2nc(-c3ccc(-c4cc(-c5ccc6ccccc6n5)cc(-c5ccc6ccccc6n5)c4)cc3)c3ccccc3n2)cc1. The number of nitrogens with zero attached hydrogens (tertiary/aromatic N) is 4. The number of fused-ring (bicyclic) bond motifs is 3. The van der Waals surface area contributed by atoms with Crippen LogP contribution in [0.4, 0.5) is 0 Å². The molecule has 0 bridgehead atoms. The molecule has 0 N–H and O–H groups in total. The summed E-state index contributed by atoms with van der Waals surface area (Å²) in [6, 6.07) is 58.7. The lowest BCUT2D eigenvalue weighted by molar-refractivity contribution is 1.23. The van der Waals surface area contributed by atoms with Crippen molar-refractivity contribution in [3.8, 4) is 56.3 Å². The number of aromatic nitrogens is 4. The third-order valence-corrected chi connectivity index (χ3v) is 8.85. The monoisotopic (exact) mass is 612 g/mol. The van der Waals surface area contributed by atoms with Gasteiger partial charge in [0.2, 0.25) is 0 Å². The summed E-state index contributed by atoms with van der Waals surface area (Å²) in [6.45, 7) is 0. The van der Waals surface area contributed by atoms with Crippen LogP contribution in [-0.4, -0.2) is 19.9 Å². The van der Waals surface area contributed by atoms with Crippen molar-refractivity contribution in [1.29, 1.82) is 0 Å². The van der Waals surface area contributed by atoms with E-state index in [1.807, 2.05) is 54.6 Å². The molecule has 0 spiro atoms. The molecule has 0 radical (unpaired) electrons. The lowest BCUT2D eigenvalue weighted by Crippen LogP contribution is -1.95. The number of rotatable bonds is 5. The van der Waals surface area contributed by atoms with Gasteiger partial charge in [0.15, 0.2) is 5.82 Å². The van der Waals surface area contributed by atoms with Crippen LogP contribution < -0.4 is 0 Å². The predicted octanol–water partition coefficient (Wildman–Crippen LogP) is 11.1. The Kier molecular flexibility index (Phi) is 6.76. The summed E-state index contributed by atoms with van der Waals surface area (Å²) < 4.78 is 0. The molecule has 0 aliphatic rings. The first kappa shape index (κ1) is 27.8. The quantitative estimate of drug-likeness (QED) is 0.194. The average molecular weight is 613 g/mol. The first-order valence-corrected chi connectivity index (χ1v) is 16.1. The standard InChI is InChI=1S/C44H28N4/c1-2-12-33(13-3-1)44-47-42-17-9-6-14-37(42)43(48-44)32-20-18-29(19-21-32)34-26-35(40-24-22-30-10-4-7-15-38(30)45-40)28-36(27-34)41-25-23-31-11-5-8-16-39(31)46-41/h1-28H. The van der Waals surface area contributed by atoms with Gasteiger partial charge in [0.1, 0.15) is 0 Å². The zero-order valence-corrected chi connectivity index (χ0v) is 26.0. The Morgan fingerprint density at radius 2 is 0.812 bits per heavy atom. The molecule has 0 saturated carbocycles. The van der Waals surface area contributed by atoms with Crippen LogP contribution in [0.5, 0.6) is 0 Å². The molecule has 0 aliphatic heterocycles. The van der Waals surface area contributed by atoms with E-state index < -0.39 is 0 Å². The van der Waals surface area contributed by atoms with Crippen molar-refractivity contribution in [3.05, 3.63) is 170 Å². The summed E-state index contributed by atoms with van der Waals surface area (Å²) >= 11 is 0. The summed E-state index contributed by atoms with van der Waals surface area (Å²) in [7, 11) is 0. The van der Waals surface area contributed by atoms with Gasteiger partial charge in [-0.15, -0.1) is 0 Å². The van der Waals surface area contributed by atoms with Gasteiger partial charge in [-0.3, -0.25) is 0 Å². The number of pyridine rings is 2. The Hall–Kier alpha value is -6.52. The molecule has 3 aromatic heterocycles. The number of hydrogen-bond acceptors (Lipinski definition) is 4. The molecule has 48 heavy (non-hydrogen) atoms. The minimum Gasteiger partial charge on any atom is -0.248 e. The highest BCUT2D eigenvalue weighted by molar-refractivity contribution is 5.94. The average Bonchev–Trinajstić information content (AvgIpc) is 3.17. The zero-order chi connectivity index (χ0) is 31.9. The molecule has 4 nitrogen and oxygen atoms in total. The summed E-state index contributed by atoms with van der Waals surface area (Å²) in [5.41, 5.74) is 12.0. The Bertz CT molecular complexity index is 2510. The van der Waals surface area contributed by atoms with Crippen LogP contribution in [0, 0.1) is 0 Å². The highest BCUT2D eigenvalue weighted by atomic mass is 14.9. The normalized spacial score (nSPS) is 11.3. The molecule has 9 aromatic rings. The molecule has 0 saturated heterocycles. The number of benzene rings is 6. The zero-order valence-electron chi connectivity index (χ0n) is 26.0. The fourth-order valence-corrected chi connectivity index (χ4v) is 6.38. The minimum atomic E-state index is 0.719. The van der Waals surface area contributed by atoms with E-state index in [2.05, 4.69) is 115 Å². The van der Waals surface area contributed by atoms with E-state index in [9.17, 15) is 0 Å². The third-order valence-electron chi connectivity index (χ3n) is 8.85. The van der Waals surface area contributed by atoms with E-state index in [0.717, 1.165) is 89.0 Å². The number of hydrogen-bond donors (Lipinski definition) is 0. The molecule has 0 unspecified atom stereocenters. The van der Waals surface area contributed by atoms with E-state index in [-0.39, 0.29) is 0 Å². The van der Waals surface area contributed by atoms with E-state index in [0.29, 0.717) is 0 Å². The van der Waals surface area contributed by atoms with Gasteiger partial charge in [-0.25, -0.2) is 19.9 Å². The molecule has 9 rings (SSSR count). The highest BCUT2D eigenvalue weighted by Crippen LogP contribution is 2.35. The number of para-hydroxylation sites is 3. The Morgan fingerprint density at radius 1 is 0.292 bits per heavy atom. The molecule has 0 fully saturated rings. The summed E-state index contributed by atoms with van der Waals surface area (Å²) in [5, 5.41) is 3.27. The molecule has 224 valence electrons. The van der Waals surface area contributed by atoms with Crippen LogP contribution in [0.3, 0.4) is 0 Å². The van der Waals surface area contributed by atoms with Crippen molar-refractivity contribution in [2.24, 2.45) is 0 Å². The van der Waals surface area contributed by atoms with E-state index >= 15 is 0 Å². The fourth-order valence-electron chi connectivity index (χ4n) is 6.38. The Balaban J connectivity index is 1.17. The maximum Gasteiger partial charge on any atom is 0.160 e. The van der Waals surface area contributed by atoms with Crippen LogP contribution in [0.2, 0.25) is 0 Å². The van der Waals surface area contributed by atoms with Gasteiger partial charge in [-0.05, 0) is 59.7 Å². The predicted molar refractivity (Wildman–Crippen MR) is 197 cm³/mol. The largest absolute Gasteiger partial charge is 0.248 e. The van der Waals surface area contributed by atoms with Crippen molar-refractivity contribution in [2.75, 3.05) is 0 Å². The fraction of sp³-hybridized carbons (Fsp3) is 0. The Morgan fingerprint density at radius 3 is 1.46 bits per heavy atom. The smallest absolute Gasteiger partial charge is 0.160 e. The van der Waals surface area contributed by atoms with Gasteiger partial charge in [-0.2, -0.15) is 0 Å². The van der Waals surface area contributed by atoms with Gasteiger partial charge < -0.3 is 0 Å². The first-order chi connectivity index (χ1) is 23.7. The second-order valence-electron chi connectivity index (χ2n) is 11.9. The van der Waals surface area contributed by atoms with Crippen molar-refractivity contribution in [3.63, 3.8) is 0 Å². The highest BCUT2D eigenvalue weighted by Gasteiger charge is 2.14. The Labute approximate surface area is 278 Å².